The minimum atomic E-state index is -0.956. The fourth-order valence-electron chi connectivity index (χ4n) is 3.92. The van der Waals surface area contributed by atoms with Crippen molar-refractivity contribution in [3.8, 4) is 16.8 Å². The van der Waals surface area contributed by atoms with Crippen LogP contribution in [0.3, 0.4) is 0 Å². The van der Waals surface area contributed by atoms with E-state index >= 15 is 0 Å². The summed E-state index contributed by atoms with van der Waals surface area (Å²) < 4.78 is 3.33. The van der Waals surface area contributed by atoms with Crippen molar-refractivity contribution in [3.63, 3.8) is 0 Å². The third-order valence-corrected chi connectivity index (χ3v) is 5.64. The standard InChI is InChI=1S/C25H19N3O3/c1-15-3-10-19(11-4-15)28-23-20-13-18(16-5-7-17(8-6-16)24(29)30)9-12-21(20)26-14-22(23)27(2)25(28)31/h3-14H,1-2H3,(H,29,30). The minimum absolute atomic E-state index is 0.135. The van der Waals surface area contributed by atoms with E-state index in [0.29, 0.717) is 0 Å². The minimum Gasteiger partial charge on any atom is -0.478 e. The molecule has 0 saturated carbocycles. The Morgan fingerprint density at radius 2 is 1.61 bits per heavy atom. The highest BCUT2D eigenvalue weighted by Crippen LogP contribution is 2.30. The molecule has 0 aliphatic carbocycles. The van der Waals surface area contributed by atoms with Gasteiger partial charge in [0.2, 0.25) is 0 Å². The number of carboxylic acids is 1. The molecule has 6 heteroatoms. The van der Waals surface area contributed by atoms with Crippen LogP contribution in [0, 0.1) is 6.92 Å². The maximum absolute atomic E-state index is 13.1. The Morgan fingerprint density at radius 3 is 2.29 bits per heavy atom. The normalized spacial score (nSPS) is 11.3. The lowest BCUT2D eigenvalue weighted by molar-refractivity contribution is 0.0697. The third kappa shape index (κ3) is 3.00. The Bertz CT molecular complexity index is 1530. The zero-order valence-corrected chi connectivity index (χ0v) is 17.0. The van der Waals surface area contributed by atoms with E-state index in [0.717, 1.165) is 44.3 Å². The summed E-state index contributed by atoms with van der Waals surface area (Å²) in [6.07, 6.45) is 1.73. The quantitative estimate of drug-likeness (QED) is 0.474. The van der Waals surface area contributed by atoms with E-state index in [1.54, 1.807) is 46.6 Å². The topological polar surface area (TPSA) is 77.1 Å². The van der Waals surface area contributed by atoms with E-state index in [1.165, 1.54) is 0 Å². The maximum Gasteiger partial charge on any atom is 0.335 e. The summed E-state index contributed by atoms with van der Waals surface area (Å²) >= 11 is 0. The van der Waals surface area contributed by atoms with Gasteiger partial charge in [-0.2, -0.15) is 0 Å². The number of imidazole rings is 1. The number of pyridine rings is 1. The van der Waals surface area contributed by atoms with Crippen LogP contribution in [0.15, 0.2) is 77.7 Å². The highest BCUT2D eigenvalue weighted by molar-refractivity contribution is 6.04. The first-order valence-corrected chi connectivity index (χ1v) is 9.85. The van der Waals surface area contributed by atoms with Crippen LogP contribution in [0.1, 0.15) is 15.9 Å². The largest absolute Gasteiger partial charge is 0.478 e. The second kappa shape index (κ2) is 6.95. The van der Waals surface area contributed by atoms with Crippen molar-refractivity contribution < 1.29 is 9.90 Å². The zero-order valence-electron chi connectivity index (χ0n) is 17.0. The van der Waals surface area contributed by atoms with E-state index < -0.39 is 5.97 Å². The second-order valence-corrected chi connectivity index (χ2v) is 7.62. The SMILES string of the molecule is Cc1ccc(-n2c(=O)n(C)c3cnc4ccc(-c5ccc(C(=O)O)cc5)cc4c32)cc1. The molecular weight excluding hydrogens is 390 g/mol. The molecule has 152 valence electrons. The summed E-state index contributed by atoms with van der Waals surface area (Å²) in [5.41, 5.74) is 6.16. The lowest BCUT2D eigenvalue weighted by Crippen LogP contribution is -2.20. The molecule has 0 aliphatic rings. The molecule has 2 heterocycles. The number of hydrogen-bond acceptors (Lipinski definition) is 3. The Kier molecular flexibility index (Phi) is 4.22. The summed E-state index contributed by atoms with van der Waals surface area (Å²) in [5, 5.41) is 10.0. The molecular formula is C25H19N3O3. The molecule has 3 aromatic carbocycles. The van der Waals surface area contributed by atoms with Gasteiger partial charge in [-0.15, -0.1) is 0 Å². The smallest absolute Gasteiger partial charge is 0.335 e. The van der Waals surface area contributed by atoms with Crippen LogP contribution in [0.4, 0.5) is 0 Å². The van der Waals surface area contributed by atoms with Gasteiger partial charge in [-0.3, -0.25) is 14.1 Å². The average molecular weight is 409 g/mol. The molecule has 0 radical (unpaired) electrons. The monoisotopic (exact) mass is 409 g/mol. The van der Waals surface area contributed by atoms with Crippen LogP contribution in [0.25, 0.3) is 38.8 Å². The molecule has 0 amide bonds. The Morgan fingerprint density at radius 1 is 0.935 bits per heavy atom. The number of nitrogens with zero attached hydrogens (tertiary/aromatic N) is 3. The van der Waals surface area contributed by atoms with Crippen molar-refractivity contribution in [2.75, 3.05) is 0 Å². The summed E-state index contributed by atoms with van der Waals surface area (Å²) in [6, 6.07) is 20.5. The molecule has 0 unspecified atom stereocenters. The van der Waals surface area contributed by atoms with Crippen LogP contribution < -0.4 is 5.69 Å². The zero-order chi connectivity index (χ0) is 21.7. The van der Waals surface area contributed by atoms with Crippen LogP contribution in [-0.2, 0) is 7.05 Å². The summed E-state index contributed by atoms with van der Waals surface area (Å²) in [4.78, 5) is 28.8. The van der Waals surface area contributed by atoms with Gasteiger partial charge in [0.1, 0.15) is 0 Å². The van der Waals surface area contributed by atoms with Crippen molar-refractivity contribution in [3.05, 3.63) is 94.5 Å². The molecule has 0 atom stereocenters. The van der Waals surface area contributed by atoms with Crippen LogP contribution in [-0.4, -0.2) is 25.2 Å². The van der Waals surface area contributed by atoms with Gasteiger partial charge < -0.3 is 5.11 Å². The van der Waals surface area contributed by atoms with Crippen LogP contribution in [0.2, 0.25) is 0 Å². The van der Waals surface area contributed by atoms with Gasteiger partial charge in [0, 0.05) is 12.4 Å². The first kappa shape index (κ1) is 18.8. The van der Waals surface area contributed by atoms with Gasteiger partial charge >= 0.3 is 11.7 Å². The second-order valence-electron chi connectivity index (χ2n) is 7.62. The van der Waals surface area contributed by atoms with Crippen LogP contribution >= 0.6 is 0 Å². The van der Waals surface area contributed by atoms with Crippen LogP contribution in [0.5, 0.6) is 0 Å². The summed E-state index contributed by atoms with van der Waals surface area (Å²) in [7, 11) is 1.75. The average Bonchev–Trinajstić information content (AvgIpc) is 3.05. The van der Waals surface area contributed by atoms with Gasteiger partial charge in [0.25, 0.3) is 0 Å². The van der Waals surface area contributed by atoms with E-state index in [-0.39, 0.29) is 11.3 Å². The van der Waals surface area contributed by atoms with Crippen molar-refractivity contribution >= 4 is 27.9 Å². The van der Waals surface area contributed by atoms with Crippen molar-refractivity contribution in [2.24, 2.45) is 7.05 Å². The number of carboxylic acid groups (broad SMARTS) is 1. The molecule has 2 aromatic heterocycles. The number of benzene rings is 3. The molecule has 0 spiro atoms. The molecule has 1 N–H and O–H groups in total. The van der Waals surface area contributed by atoms with Crippen molar-refractivity contribution in [1.82, 2.24) is 14.1 Å². The first-order chi connectivity index (χ1) is 14.9. The molecule has 5 rings (SSSR count). The number of aromatic carboxylic acids is 1. The molecule has 0 bridgehead atoms. The predicted molar refractivity (Wildman–Crippen MR) is 121 cm³/mol. The number of aryl methyl sites for hydroxylation is 2. The molecule has 0 saturated heterocycles. The molecule has 31 heavy (non-hydrogen) atoms. The number of aromatic nitrogens is 3. The fourth-order valence-corrected chi connectivity index (χ4v) is 3.92. The van der Waals surface area contributed by atoms with E-state index in [4.69, 9.17) is 5.11 Å². The number of hydrogen-bond donors (Lipinski definition) is 1. The summed E-state index contributed by atoms with van der Waals surface area (Å²) in [5.74, 6) is -0.956. The molecule has 6 nitrogen and oxygen atoms in total. The number of carbonyl (C=O) groups is 1. The lowest BCUT2D eigenvalue weighted by atomic mass is 10.0. The molecule has 0 fully saturated rings. The predicted octanol–water partition coefficient (Wildman–Crippen LogP) is 4.55. The fraction of sp³-hybridized carbons (Fsp3) is 0.0800. The van der Waals surface area contributed by atoms with E-state index in [2.05, 4.69) is 4.98 Å². The lowest BCUT2D eigenvalue weighted by Gasteiger charge is -2.09. The van der Waals surface area contributed by atoms with E-state index in [1.807, 2.05) is 49.4 Å². The summed E-state index contributed by atoms with van der Waals surface area (Å²) in [6.45, 7) is 2.01. The van der Waals surface area contributed by atoms with Gasteiger partial charge in [-0.05, 0) is 54.4 Å². The number of rotatable bonds is 3. The van der Waals surface area contributed by atoms with Crippen molar-refractivity contribution in [2.45, 2.75) is 6.92 Å². The Labute approximate surface area is 177 Å². The Balaban J connectivity index is 1.80. The van der Waals surface area contributed by atoms with Crippen molar-refractivity contribution in [1.29, 1.82) is 0 Å². The maximum atomic E-state index is 13.1. The van der Waals surface area contributed by atoms with Gasteiger partial charge in [-0.1, -0.05) is 35.9 Å². The van der Waals surface area contributed by atoms with Gasteiger partial charge in [0.15, 0.2) is 0 Å². The third-order valence-electron chi connectivity index (χ3n) is 5.64. The van der Waals surface area contributed by atoms with Gasteiger partial charge in [-0.25, -0.2) is 9.59 Å². The highest BCUT2D eigenvalue weighted by Gasteiger charge is 2.16. The first-order valence-electron chi connectivity index (χ1n) is 9.85. The highest BCUT2D eigenvalue weighted by atomic mass is 16.4. The number of fused-ring (bicyclic) bond motifs is 3. The molecule has 0 aliphatic heterocycles. The Hall–Kier alpha value is -4.19. The molecule has 5 aromatic rings. The van der Waals surface area contributed by atoms with E-state index in [9.17, 15) is 9.59 Å². The van der Waals surface area contributed by atoms with Gasteiger partial charge in [0.05, 0.1) is 34.0 Å².